The summed E-state index contributed by atoms with van der Waals surface area (Å²) in [6.45, 7) is 2.16. The van der Waals surface area contributed by atoms with Crippen LogP contribution in [0.25, 0.3) is 0 Å². The molecule has 4 N–H and O–H groups in total. The molecule has 0 rings (SSSR count). The van der Waals surface area contributed by atoms with Gasteiger partial charge in [-0.2, -0.15) is 0 Å². The van der Waals surface area contributed by atoms with Crippen molar-refractivity contribution >= 4 is 5.97 Å². The smallest absolute Gasteiger partial charge is 0.320 e. The van der Waals surface area contributed by atoms with E-state index in [9.17, 15) is 4.79 Å². The van der Waals surface area contributed by atoms with Gasteiger partial charge in [-0.1, -0.05) is 12.5 Å². The first-order valence-electron chi connectivity index (χ1n) is 4.99. The average Bonchev–Trinajstić information content (AvgIpc) is 2.15. The van der Waals surface area contributed by atoms with Gasteiger partial charge in [-0.3, -0.25) is 4.79 Å². The van der Waals surface area contributed by atoms with Crippen LogP contribution in [-0.4, -0.2) is 30.2 Å². The molecule has 0 saturated heterocycles. The van der Waals surface area contributed by atoms with E-state index in [1.807, 2.05) is 0 Å². The van der Waals surface area contributed by atoms with Crippen LogP contribution in [0, 0.1) is 0 Å². The Bertz CT molecular complexity index is 186. The first-order chi connectivity index (χ1) is 6.72. The van der Waals surface area contributed by atoms with Gasteiger partial charge in [0.1, 0.15) is 6.04 Å². The second kappa shape index (κ2) is 7.76. The first kappa shape index (κ1) is 10.2. The molecule has 0 fully saturated rings. The monoisotopic (exact) mass is 187 g/mol. The van der Waals surface area contributed by atoms with Crippen LogP contribution in [0.4, 0.5) is 0 Å². The minimum Gasteiger partial charge on any atom is -0.480 e. The number of carboxylic acids is 1. The number of nitrogens with two attached hydrogens (primary N) is 1. The molecule has 0 amide bonds. The van der Waals surface area contributed by atoms with E-state index in [0.717, 1.165) is 19.4 Å². The Morgan fingerprint density at radius 1 is 1.77 bits per heavy atom. The summed E-state index contributed by atoms with van der Waals surface area (Å²) < 4.78 is 6.74. The lowest BCUT2D eigenvalue weighted by Crippen LogP contribution is -2.36. The molecular weight excluding hydrogens is 168 g/mol. The highest BCUT2D eigenvalue weighted by atomic mass is 16.4. The normalized spacial score (nSPS) is 14.4. The summed E-state index contributed by atoms with van der Waals surface area (Å²) in [4.78, 5) is 10.7. The number of carboxylic acid groups (broad SMARTS) is 1. The molecule has 76 valence electrons. The van der Waals surface area contributed by atoms with Gasteiger partial charge < -0.3 is 16.2 Å². The van der Waals surface area contributed by atoms with E-state index in [2.05, 4.69) is 5.32 Å². The molecule has 0 aliphatic rings. The molecule has 0 spiro atoms. The van der Waals surface area contributed by atoms with Crippen molar-refractivity contribution < 1.29 is 11.3 Å². The lowest BCUT2D eigenvalue weighted by Gasteiger charge is -2.12. The third-order valence-corrected chi connectivity index (χ3v) is 1.73. The Kier molecular flexibility index (Phi) is 6.10. The van der Waals surface area contributed by atoms with Crippen LogP contribution in [0.1, 0.15) is 20.6 Å². The number of hydrogen-bond acceptors (Lipinski definition) is 3. The number of rotatable bonds is 8. The highest BCUT2D eigenvalue weighted by Crippen LogP contribution is 2.00. The van der Waals surface area contributed by atoms with E-state index in [-0.39, 0.29) is 0 Å². The Hall–Kier alpha value is -0.870. The van der Waals surface area contributed by atoms with Crippen LogP contribution in [0.2, 0.25) is 0 Å². The zero-order valence-electron chi connectivity index (χ0n) is 8.70. The molecule has 0 aromatic heterocycles. The molecule has 0 heterocycles. The van der Waals surface area contributed by atoms with Crippen molar-refractivity contribution in [2.24, 2.45) is 5.73 Å². The van der Waals surface area contributed by atoms with Gasteiger partial charge >= 0.3 is 5.97 Å². The molecule has 0 radical (unpaired) electrons. The quantitative estimate of drug-likeness (QED) is 0.378. The molecule has 0 unspecified atom stereocenters. The molecule has 1 atom stereocenters. The van der Waals surface area contributed by atoms with Crippen LogP contribution in [0.5, 0.6) is 0 Å². The fourth-order valence-corrected chi connectivity index (χ4v) is 1.02. The Morgan fingerprint density at radius 2 is 2.54 bits per heavy atom. The summed E-state index contributed by atoms with van der Waals surface area (Å²) in [6.07, 6.45) is 3.81. The van der Waals surface area contributed by atoms with Gasteiger partial charge in [0.25, 0.3) is 0 Å². The number of hydrogen-bond donors (Lipinski definition) is 3. The highest BCUT2D eigenvalue weighted by molar-refractivity contribution is 5.73. The minimum absolute atomic E-state index is 0.420. The number of aliphatic carboxylic acids is 1. The number of nitrogens with one attached hydrogen (secondary N) is 1. The van der Waals surface area contributed by atoms with Gasteiger partial charge in [0, 0.05) is 6.54 Å². The van der Waals surface area contributed by atoms with Crippen LogP contribution < -0.4 is 11.1 Å². The molecule has 0 aliphatic heterocycles. The van der Waals surface area contributed by atoms with Crippen molar-refractivity contribution in [3.8, 4) is 0 Å². The third-order valence-electron chi connectivity index (χ3n) is 1.73. The van der Waals surface area contributed by atoms with E-state index in [0.29, 0.717) is 19.5 Å². The molecule has 4 nitrogen and oxygen atoms in total. The van der Waals surface area contributed by atoms with Gasteiger partial charge in [-0.25, -0.2) is 0 Å². The maximum absolute atomic E-state index is 10.7. The fraction of sp³-hybridized carbons (Fsp3) is 0.667. The number of unbranched alkanes of at least 4 members (excludes halogenated alkanes) is 1. The third kappa shape index (κ3) is 6.31. The van der Waals surface area contributed by atoms with Gasteiger partial charge in [0.2, 0.25) is 0 Å². The van der Waals surface area contributed by atoms with Gasteiger partial charge in [0.05, 0.1) is 1.37 Å². The average molecular weight is 187 g/mol. The zero-order chi connectivity index (χ0) is 10.8. The Morgan fingerprint density at radius 3 is 3.08 bits per heavy atom. The van der Waals surface area contributed by atoms with E-state index >= 15 is 0 Å². The summed E-state index contributed by atoms with van der Waals surface area (Å²) in [5.41, 5.74) is 5.31. The summed E-state index contributed by atoms with van der Waals surface area (Å²) in [5, 5.41) is 11.6. The predicted molar refractivity (Wildman–Crippen MR) is 52.5 cm³/mol. The van der Waals surface area contributed by atoms with E-state index in [1.165, 1.54) is 0 Å². The maximum Gasteiger partial charge on any atom is 0.320 e. The molecular formula is C9H18N2O2. The van der Waals surface area contributed by atoms with Crippen molar-refractivity contribution in [3.05, 3.63) is 12.6 Å². The van der Waals surface area contributed by atoms with Crippen LogP contribution >= 0.6 is 0 Å². The Balaban J connectivity index is 3.72. The van der Waals surface area contributed by atoms with Crippen molar-refractivity contribution in [2.45, 2.75) is 25.3 Å². The summed E-state index contributed by atoms with van der Waals surface area (Å²) in [7, 11) is 0. The van der Waals surface area contributed by atoms with E-state index in [4.69, 9.17) is 12.2 Å². The van der Waals surface area contributed by atoms with Crippen molar-refractivity contribution in [3.63, 3.8) is 0 Å². The molecule has 0 saturated carbocycles. The van der Waals surface area contributed by atoms with Gasteiger partial charge in [0.15, 0.2) is 0 Å². The van der Waals surface area contributed by atoms with Gasteiger partial charge in [-0.05, 0) is 19.4 Å². The summed E-state index contributed by atoms with van der Waals surface area (Å²) in [5.74, 6) is -0.847. The zero-order valence-corrected chi connectivity index (χ0v) is 7.70. The minimum atomic E-state index is -0.847. The van der Waals surface area contributed by atoms with E-state index in [1.54, 1.807) is 6.08 Å². The highest BCUT2D eigenvalue weighted by Gasteiger charge is 2.14. The van der Waals surface area contributed by atoms with Crippen LogP contribution in [0.15, 0.2) is 12.6 Å². The molecule has 0 aromatic carbocycles. The molecule has 0 bridgehead atoms. The number of carbonyl (C=O) groups is 1. The molecule has 4 heteroatoms. The molecule has 0 aromatic rings. The maximum atomic E-state index is 10.7. The first-order valence-corrected chi connectivity index (χ1v) is 4.42. The second-order valence-corrected chi connectivity index (χ2v) is 2.82. The fourth-order valence-electron chi connectivity index (χ4n) is 1.02. The van der Waals surface area contributed by atoms with E-state index < -0.39 is 12.0 Å². The SMILES string of the molecule is [2H]C=CCN[C@@H](CCCCN)C(=O)O. The standard InChI is InChI=1S/C9H18N2O2/c1-2-7-11-8(9(12)13)5-3-4-6-10/h2,8,11H,1,3-7,10H2,(H,12,13)/t8-/m0/s1/i1D. The molecule has 0 aliphatic carbocycles. The van der Waals surface area contributed by atoms with Crippen molar-refractivity contribution in [1.82, 2.24) is 5.32 Å². The Labute approximate surface area is 80.2 Å². The lowest BCUT2D eigenvalue weighted by atomic mass is 10.1. The van der Waals surface area contributed by atoms with Crippen molar-refractivity contribution in [1.29, 1.82) is 0 Å². The van der Waals surface area contributed by atoms with Gasteiger partial charge in [-0.15, -0.1) is 6.55 Å². The predicted octanol–water partition coefficient (Wildman–Crippen LogP) is 0.344. The summed E-state index contributed by atoms with van der Waals surface area (Å²) in [6, 6.07) is -0.530. The largest absolute Gasteiger partial charge is 0.480 e. The summed E-state index contributed by atoms with van der Waals surface area (Å²) >= 11 is 0. The second-order valence-electron chi connectivity index (χ2n) is 2.82. The van der Waals surface area contributed by atoms with Crippen LogP contribution in [-0.2, 0) is 4.79 Å². The topological polar surface area (TPSA) is 75.3 Å². The molecule has 13 heavy (non-hydrogen) atoms. The van der Waals surface area contributed by atoms with Crippen LogP contribution in [0.3, 0.4) is 0 Å². The lowest BCUT2D eigenvalue weighted by molar-refractivity contribution is -0.139. The van der Waals surface area contributed by atoms with Crippen molar-refractivity contribution in [2.75, 3.05) is 13.1 Å².